The zero-order valence-electron chi connectivity index (χ0n) is 12.2. The predicted molar refractivity (Wildman–Crippen MR) is 75.6 cm³/mol. The summed E-state index contributed by atoms with van der Waals surface area (Å²) in [5, 5.41) is 6.59. The van der Waals surface area contributed by atoms with Crippen molar-refractivity contribution < 1.29 is 9.63 Å². The Kier molecular flexibility index (Phi) is 3.65. The second kappa shape index (κ2) is 5.11. The Hall–Kier alpha value is -2.11. The van der Waals surface area contributed by atoms with Crippen LogP contribution in [0, 0.1) is 13.8 Å². The number of carbonyl (C=O) groups excluding carboxylic acids is 1. The third-order valence-electron chi connectivity index (χ3n) is 3.52. The summed E-state index contributed by atoms with van der Waals surface area (Å²) in [7, 11) is 0. The van der Waals surface area contributed by atoms with Crippen molar-refractivity contribution in [3.63, 3.8) is 0 Å². The van der Waals surface area contributed by atoms with Crippen molar-refractivity contribution in [2.24, 2.45) is 5.16 Å². The topological polar surface area (TPSA) is 83.5 Å². The summed E-state index contributed by atoms with van der Waals surface area (Å²) in [5.41, 5.74) is 1.82. The largest absolute Gasteiger partial charge is 0.379 e. The number of carbonyl (C=O) groups is 1. The lowest BCUT2D eigenvalue weighted by atomic mass is 9.99. The molecule has 0 saturated heterocycles. The second-order valence-corrected chi connectivity index (χ2v) is 5.41. The number of aromatic amines is 1. The first-order valence-corrected chi connectivity index (χ1v) is 6.51. The van der Waals surface area contributed by atoms with Crippen LogP contribution in [-0.4, -0.2) is 22.2 Å². The number of hydrogen-bond acceptors (Lipinski definition) is 4. The molecule has 0 unspecified atom stereocenters. The molecule has 6 heteroatoms. The van der Waals surface area contributed by atoms with Crippen LogP contribution < -0.4 is 10.7 Å². The van der Waals surface area contributed by atoms with Crippen LogP contribution in [0.1, 0.15) is 37.1 Å². The minimum atomic E-state index is -0.955. The zero-order chi connectivity index (χ0) is 14.9. The zero-order valence-corrected chi connectivity index (χ0v) is 12.2. The number of nitrogens with one attached hydrogen (secondary N) is 2. The van der Waals surface area contributed by atoms with E-state index in [-0.39, 0.29) is 17.9 Å². The fraction of sp³-hybridized carbons (Fsp3) is 0.500. The minimum absolute atomic E-state index is 0.00416. The van der Waals surface area contributed by atoms with Crippen LogP contribution in [0.5, 0.6) is 0 Å². The maximum atomic E-state index is 12.1. The van der Waals surface area contributed by atoms with Gasteiger partial charge in [-0.1, -0.05) is 5.16 Å². The van der Waals surface area contributed by atoms with Crippen molar-refractivity contribution in [3.05, 3.63) is 33.2 Å². The van der Waals surface area contributed by atoms with E-state index in [1.807, 2.05) is 6.92 Å². The fourth-order valence-electron chi connectivity index (χ4n) is 2.19. The highest BCUT2D eigenvalue weighted by Gasteiger charge is 2.40. The molecule has 0 fully saturated rings. The molecule has 2 N–H and O–H groups in total. The molecule has 6 nitrogen and oxygen atoms in total. The van der Waals surface area contributed by atoms with Crippen molar-refractivity contribution >= 4 is 11.6 Å². The molecule has 108 valence electrons. The Balaban J connectivity index is 2.05. The Labute approximate surface area is 117 Å². The first-order chi connectivity index (χ1) is 9.33. The number of nitrogens with zero attached hydrogens (tertiary/aromatic N) is 1. The SMILES string of the molecule is CC1=NO[C@](C)(C(=O)NCc2[nH]cc(C)c(=O)c2C)C1. The van der Waals surface area contributed by atoms with E-state index < -0.39 is 5.60 Å². The van der Waals surface area contributed by atoms with Crippen LogP contribution >= 0.6 is 0 Å². The fourth-order valence-corrected chi connectivity index (χ4v) is 2.19. The molecule has 0 saturated carbocycles. The molecule has 1 aliphatic rings. The summed E-state index contributed by atoms with van der Waals surface area (Å²) >= 11 is 0. The van der Waals surface area contributed by atoms with Gasteiger partial charge in [-0.3, -0.25) is 9.59 Å². The monoisotopic (exact) mass is 277 g/mol. The average Bonchev–Trinajstić information content (AvgIpc) is 2.76. The molecular formula is C14H19N3O3. The number of aromatic nitrogens is 1. The van der Waals surface area contributed by atoms with Gasteiger partial charge in [0, 0.05) is 29.4 Å². The van der Waals surface area contributed by atoms with E-state index in [9.17, 15) is 9.59 Å². The van der Waals surface area contributed by atoms with E-state index >= 15 is 0 Å². The number of rotatable bonds is 3. The highest BCUT2D eigenvalue weighted by molar-refractivity contribution is 5.94. The molecule has 1 amide bonds. The summed E-state index contributed by atoms with van der Waals surface area (Å²) in [6.07, 6.45) is 2.13. The van der Waals surface area contributed by atoms with Crippen molar-refractivity contribution in [1.29, 1.82) is 0 Å². The maximum Gasteiger partial charge on any atom is 0.267 e. The second-order valence-electron chi connectivity index (χ2n) is 5.41. The van der Waals surface area contributed by atoms with Gasteiger partial charge in [0.1, 0.15) is 0 Å². The van der Waals surface area contributed by atoms with E-state index in [0.717, 1.165) is 5.71 Å². The summed E-state index contributed by atoms with van der Waals surface area (Å²) in [6.45, 7) is 7.28. The maximum absolute atomic E-state index is 12.1. The van der Waals surface area contributed by atoms with Crippen molar-refractivity contribution in [2.75, 3.05) is 0 Å². The van der Waals surface area contributed by atoms with E-state index in [4.69, 9.17) is 4.84 Å². The van der Waals surface area contributed by atoms with Crippen molar-refractivity contribution in [3.8, 4) is 0 Å². The minimum Gasteiger partial charge on any atom is -0.379 e. The van der Waals surface area contributed by atoms with Crippen LogP contribution in [0.2, 0.25) is 0 Å². The Morgan fingerprint density at radius 3 is 2.80 bits per heavy atom. The average molecular weight is 277 g/mol. The number of H-pyrrole nitrogens is 1. The highest BCUT2D eigenvalue weighted by atomic mass is 16.7. The molecule has 20 heavy (non-hydrogen) atoms. The molecule has 1 atom stereocenters. The summed E-state index contributed by atoms with van der Waals surface area (Å²) in [4.78, 5) is 32.2. The van der Waals surface area contributed by atoms with Gasteiger partial charge in [0.2, 0.25) is 5.60 Å². The molecule has 1 aromatic heterocycles. The summed E-state index contributed by atoms with van der Waals surface area (Å²) < 4.78 is 0. The highest BCUT2D eigenvalue weighted by Crippen LogP contribution is 2.23. The third-order valence-corrected chi connectivity index (χ3v) is 3.52. The number of pyridine rings is 1. The summed E-state index contributed by atoms with van der Waals surface area (Å²) in [5.74, 6) is -0.237. The quantitative estimate of drug-likeness (QED) is 0.869. The molecule has 0 radical (unpaired) electrons. The van der Waals surface area contributed by atoms with Gasteiger partial charge in [0.15, 0.2) is 5.43 Å². The van der Waals surface area contributed by atoms with Gasteiger partial charge in [0.25, 0.3) is 5.91 Å². The number of amides is 1. The lowest BCUT2D eigenvalue weighted by Crippen LogP contribution is -2.44. The van der Waals surface area contributed by atoms with E-state index in [2.05, 4.69) is 15.5 Å². The third kappa shape index (κ3) is 2.59. The molecule has 0 spiro atoms. The van der Waals surface area contributed by atoms with Crippen LogP contribution in [0.25, 0.3) is 0 Å². The lowest BCUT2D eigenvalue weighted by Gasteiger charge is -2.20. The summed E-state index contributed by atoms with van der Waals surface area (Å²) in [6, 6.07) is 0. The number of hydrogen-bond donors (Lipinski definition) is 2. The molecule has 0 bridgehead atoms. The molecule has 2 rings (SSSR count). The Morgan fingerprint density at radius 1 is 1.50 bits per heavy atom. The smallest absolute Gasteiger partial charge is 0.267 e. The van der Waals surface area contributed by atoms with Crippen molar-refractivity contribution in [1.82, 2.24) is 10.3 Å². The number of oxime groups is 1. The van der Waals surface area contributed by atoms with Crippen LogP contribution in [0.4, 0.5) is 0 Å². The van der Waals surface area contributed by atoms with Gasteiger partial charge in [-0.2, -0.15) is 0 Å². The Morgan fingerprint density at radius 2 is 2.20 bits per heavy atom. The van der Waals surface area contributed by atoms with Gasteiger partial charge in [-0.25, -0.2) is 0 Å². The van der Waals surface area contributed by atoms with Crippen molar-refractivity contribution in [2.45, 2.75) is 46.3 Å². The first-order valence-electron chi connectivity index (χ1n) is 6.51. The Bertz CT molecular complexity index is 633. The molecule has 0 aliphatic carbocycles. The van der Waals surface area contributed by atoms with Gasteiger partial charge < -0.3 is 15.1 Å². The standard InChI is InChI=1S/C14H19N3O3/c1-8-6-15-11(10(3)12(8)18)7-16-13(19)14(4)5-9(2)17-20-14/h6H,5,7H2,1-4H3,(H,15,18)(H,16,19)/t14-/m0/s1. The number of aryl methyl sites for hydroxylation is 1. The van der Waals surface area contributed by atoms with Crippen LogP contribution in [-0.2, 0) is 16.2 Å². The lowest BCUT2D eigenvalue weighted by molar-refractivity contribution is -0.141. The van der Waals surface area contributed by atoms with Gasteiger partial charge in [-0.05, 0) is 27.7 Å². The van der Waals surface area contributed by atoms with E-state index in [0.29, 0.717) is 23.2 Å². The molecule has 2 heterocycles. The van der Waals surface area contributed by atoms with Crippen LogP contribution in [0.3, 0.4) is 0 Å². The van der Waals surface area contributed by atoms with Gasteiger partial charge in [0.05, 0.1) is 12.3 Å². The van der Waals surface area contributed by atoms with E-state index in [1.165, 1.54) is 0 Å². The molecule has 0 aromatic carbocycles. The molecule has 1 aromatic rings. The normalized spacial score (nSPS) is 21.3. The molecule has 1 aliphatic heterocycles. The van der Waals surface area contributed by atoms with Gasteiger partial charge in [-0.15, -0.1) is 0 Å². The van der Waals surface area contributed by atoms with Gasteiger partial charge >= 0.3 is 0 Å². The van der Waals surface area contributed by atoms with E-state index in [1.54, 1.807) is 27.0 Å². The predicted octanol–water partition coefficient (Wildman–Crippen LogP) is 1.16. The first kappa shape index (κ1) is 14.3. The van der Waals surface area contributed by atoms with Crippen LogP contribution in [0.15, 0.2) is 16.1 Å². The molecular weight excluding hydrogens is 258 g/mol.